The second kappa shape index (κ2) is 4.78. The molecule has 4 aliphatic rings. The van der Waals surface area contributed by atoms with Crippen LogP contribution in [0.1, 0.15) is 24.5 Å². The van der Waals surface area contributed by atoms with Crippen LogP contribution in [0.3, 0.4) is 0 Å². The van der Waals surface area contributed by atoms with Crippen LogP contribution in [0, 0.1) is 5.92 Å². The Labute approximate surface area is 152 Å². The van der Waals surface area contributed by atoms with Crippen LogP contribution in [0.25, 0.3) is 0 Å². The first-order chi connectivity index (χ1) is 12.3. The molecule has 2 N–H and O–H groups in total. The van der Waals surface area contributed by atoms with Gasteiger partial charge in [0.05, 0.1) is 19.0 Å². The Morgan fingerprint density at radius 2 is 2.15 bits per heavy atom. The van der Waals surface area contributed by atoms with Gasteiger partial charge >= 0.3 is 5.91 Å². The largest absolute Gasteiger partial charge is 0.504 e. The number of aromatic hydroxyl groups is 1. The third-order valence-corrected chi connectivity index (χ3v) is 7.26. The number of amides is 1. The van der Waals surface area contributed by atoms with E-state index in [1.54, 1.807) is 19.1 Å². The summed E-state index contributed by atoms with van der Waals surface area (Å²) in [4.78, 5) is 13.0. The highest BCUT2D eigenvalue weighted by atomic mass is 16.5. The van der Waals surface area contributed by atoms with E-state index in [1.807, 2.05) is 13.1 Å². The second-order valence-electron chi connectivity index (χ2n) is 8.53. The van der Waals surface area contributed by atoms with E-state index < -0.39 is 12.2 Å². The van der Waals surface area contributed by atoms with Crippen molar-refractivity contribution in [2.24, 2.45) is 5.92 Å². The molecule has 5 rings (SSSR count). The van der Waals surface area contributed by atoms with Gasteiger partial charge in [-0.15, -0.1) is 0 Å². The number of likely N-dealkylation sites (N-methyl/N-ethyl adjacent to an activating group) is 1. The Morgan fingerprint density at radius 3 is 2.88 bits per heavy atom. The first-order valence-electron chi connectivity index (χ1n) is 9.24. The standard InChI is InChI=1S/C21H23NO4/c1-11(2)20(25)22(3)9-8-21-13-5-7-16(24)19(21)26-18-15(23)6-4-12(17(18)21)10-14(13)22/h4-7,13-14,16,19,24H,1,8-10H2,2-3H3/p+1/t13-,14+,16-,19-,21-,22?/m0/s1. The monoisotopic (exact) mass is 354 g/mol. The minimum Gasteiger partial charge on any atom is -0.504 e. The molecule has 1 unspecified atom stereocenters. The summed E-state index contributed by atoms with van der Waals surface area (Å²) < 4.78 is 6.47. The average Bonchev–Trinajstić information content (AvgIpc) is 2.97. The van der Waals surface area contributed by atoms with E-state index in [0.29, 0.717) is 22.4 Å². The van der Waals surface area contributed by atoms with Crippen molar-refractivity contribution in [2.75, 3.05) is 13.6 Å². The first-order valence-corrected chi connectivity index (χ1v) is 9.24. The summed E-state index contributed by atoms with van der Waals surface area (Å²) in [6.07, 6.45) is 4.25. The summed E-state index contributed by atoms with van der Waals surface area (Å²) in [6.45, 7) is 6.36. The first kappa shape index (κ1) is 16.1. The van der Waals surface area contributed by atoms with Gasteiger partial charge in [0.1, 0.15) is 18.2 Å². The van der Waals surface area contributed by atoms with Gasteiger partial charge in [-0.1, -0.05) is 24.8 Å². The maximum absolute atomic E-state index is 13.0. The minimum atomic E-state index is -0.710. The fourth-order valence-electron chi connectivity index (χ4n) is 6.11. The van der Waals surface area contributed by atoms with E-state index in [9.17, 15) is 15.0 Å². The maximum Gasteiger partial charge on any atom is 0.340 e. The predicted molar refractivity (Wildman–Crippen MR) is 95.8 cm³/mol. The van der Waals surface area contributed by atoms with Crippen LogP contribution in [0.4, 0.5) is 0 Å². The van der Waals surface area contributed by atoms with Crippen LogP contribution in [0.5, 0.6) is 11.5 Å². The van der Waals surface area contributed by atoms with Crippen molar-refractivity contribution in [3.8, 4) is 11.5 Å². The van der Waals surface area contributed by atoms with Gasteiger partial charge in [-0.05, 0) is 18.6 Å². The number of hydrogen-bond acceptors (Lipinski definition) is 4. The number of likely N-dealkylation sites (tertiary alicyclic amines) is 1. The zero-order chi connectivity index (χ0) is 18.4. The maximum atomic E-state index is 13.0. The molecular formula is C21H24NO4+. The third-order valence-electron chi connectivity index (χ3n) is 7.26. The van der Waals surface area contributed by atoms with Gasteiger partial charge in [-0.2, -0.15) is 0 Å². The number of phenols is 1. The number of rotatable bonds is 1. The molecule has 0 radical (unpaired) electrons. The number of benzene rings is 1. The number of carbonyl (C=O) groups is 1. The highest BCUT2D eigenvalue weighted by Gasteiger charge is 2.69. The molecule has 1 aromatic carbocycles. The summed E-state index contributed by atoms with van der Waals surface area (Å²) in [5.74, 6) is 0.842. The molecule has 1 aromatic rings. The molecular weight excluding hydrogens is 330 g/mol. The Bertz CT molecular complexity index is 890. The number of aliphatic hydroxyl groups excluding tert-OH is 1. The molecule has 1 amide bonds. The number of phenolic OH excluding ortho intramolecular Hbond substituents is 1. The summed E-state index contributed by atoms with van der Waals surface area (Å²) >= 11 is 0. The normalized spacial score (nSPS) is 41.3. The highest BCUT2D eigenvalue weighted by Crippen LogP contribution is 2.63. The van der Waals surface area contributed by atoms with Gasteiger partial charge in [0, 0.05) is 29.9 Å². The third kappa shape index (κ3) is 1.62. The molecule has 6 atom stereocenters. The smallest absolute Gasteiger partial charge is 0.340 e. The van der Waals surface area contributed by atoms with E-state index in [0.717, 1.165) is 24.0 Å². The van der Waals surface area contributed by atoms with Crippen LogP contribution in [0.2, 0.25) is 0 Å². The molecule has 1 fully saturated rings. The van der Waals surface area contributed by atoms with E-state index in [4.69, 9.17) is 4.74 Å². The molecule has 2 aliphatic carbocycles. The molecule has 26 heavy (non-hydrogen) atoms. The summed E-state index contributed by atoms with van der Waals surface area (Å²) in [5, 5.41) is 21.0. The Kier molecular flexibility index (Phi) is 2.96. The second-order valence-corrected chi connectivity index (χ2v) is 8.53. The minimum absolute atomic E-state index is 0.0748. The quantitative estimate of drug-likeness (QED) is 0.459. The van der Waals surface area contributed by atoms with E-state index in [2.05, 4.69) is 12.7 Å². The molecule has 2 aliphatic heterocycles. The van der Waals surface area contributed by atoms with Crippen LogP contribution < -0.4 is 4.74 Å². The molecule has 0 saturated carbocycles. The average molecular weight is 354 g/mol. The number of ether oxygens (including phenoxy) is 1. The lowest BCUT2D eigenvalue weighted by Gasteiger charge is -2.58. The topological polar surface area (TPSA) is 66.8 Å². The van der Waals surface area contributed by atoms with E-state index >= 15 is 0 Å². The summed E-state index contributed by atoms with van der Waals surface area (Å²) in [6, 6.07) is 3.70. The molecule has 0 aromatic heterocycles. The number of carbonyl (C=O) groups excluding carboxylic acids is 1. The molecule has 136 valence electrons. The number of piperidine rings is 1. The summed E-state index contributed by atoms with van der Waals surface area (Å²) in [7, 11) is 2.02. The lowest BCUT2D eigenvalue weighted by Crippen LogP contribution is -2.72. The van der Waals surface area contributed by atoms with Crippen molar-refractivity contribution >= 4 is 5.91 Å². The van der Waals surface area contributed by atoms with Gasteiger partial charge in [0.2, 0.25) is 0 Å². The fraction of sp³-hybridized carbons (Fsp3) is 0.476. The number of quaternary nitrogens is 1. The van der Waals surface area contributed by atoms with E-state index in [-0.39, 0.29) is 29.0 Å². The van der Waals surface area contributed by atoms with Crippen molar-refractivity contribution in [1.29, 1.82) is 0 Å². The lowest BCUT2D eigenvalue weighted by molar-refractivity contribution is -0.871. The molecule has 1 saturated heterocycles. The molecule has 2 bridgehead atoms. The van der Waals surface area contributed by atoms with E-state index in [1.165, 1.54) is 0 Å². The SMILES string of the molecule is C=C(C)C(=O)[N+]1(C)CC[C@]23c4c5ccc(O)c4O[C@H]2[C@@H](O)C=C[C@H]3[C@H]1C5. The fourth-order valence-corrected chi connectivity index (χ4v) is 6.11. The Morgan fingerprint density at radius 1 is 1.38 bits per heavy atom. The van der Waals surface area contributed by atoms with Crippen LogP contribution in [-0.4, -0.2) is 52.4 Å². The zero-order valence-corrected chi connectivity index (χ0v) is 15.1. The number of aliphatic hydroxyl groups is 1. The van der Waals surface area contributed by atoms with Crippen molar-refractivity contribution in [3.63, 3.8) is 0 Å². The molecule has 2 heterocycles. The number of nitrogens with zero attached hydrogens (tertiary/aromatic N) is 1. The summed E-state index contributed by atoms with van der Waals surface area (Å²) in [5.41, 5.74) is 2.40. The highest BCUT2D eigenvalue weighted by molar-refractivity contribution is 5.86. The van der Waals surface area contributed by atoms with Crippen LogP contribution in [-0.2, 0) is 16.6 Å². The van der Waals surface area contributed by atoms with Gasteiger partial charge in [0.15, 0.2) is 11.5 Å². The predicted octanol–water partition coefficient (Wildman–Crippen LogP) is 1.82. The lowest BCUT2D eigenvalue weighted by atomic mass is 9.52. The van der Waals surface area contributed by atoms with Gasteiger partial charge in [-0.3, -0.25) is 4.48 Å². The molecule has 1 spiro atoms. The Balaban J connectivity index is 1.76. The zero-order valence-electron chi connectivity index (χ0n) is 15.1. The van der Waals surface area contributed by atoms with Crippen LogP contribution >= 0.6 is 0 Å². The van der Waals surface area contributed by atoms with Crippen molar-refractivity contribution < 1.29 is 24.2 Å². The van der Waals surface area contributed by atoms with Gasteiger partial charge in [-0.25, -0.2) is 4.79 Å². The van der Waals surface area contributed by atoms with Crippen molar-refractivity contribution in [1.82, 2.24) is 0 Å². The van der Waals surface area contributed by atoms with Crippen LogP contribution in [0.15, 0.2) is 36.4 Å². The molecule has 5 heteroatoms. The number of hydrogen-bond donors (Lipinski definition) is 2. The van der Waals surface area contributed by atoms with Crippen molar-refractivity contribution in [2.45, 2.75) is 43.4 Å². The molecule has 5 nitrogen and oxygen atoms in total. The van der Waals surface area contributed by atoms with Gasteiger partial charge < -0.3 is 14.9 Å². The van der Waals surface area contributed by atoms with Gasteiger partial charge in [0.25, 0.3) is 0 Å². The Hall–Kier alpha value is -2.11. The van der Waals surface area contributed by atoms with Crippen molar-refractivity contribution in [3.05, 3.63) is 47.6 Å².